The van der Waals surface area contributed by atoms with Gasteiger partial charge in [-0.3, -0.25) is 4.79 Å². The predicted octanol–water partition coefficient (Wildman–Crippen LogP) is 2.40. The molecule has 1 amide bonds. The number of ether oxygens (including phenoxy) is 1. The third-order valence-electron chi connectivity index (χ3n) is 3.68. The summed E-state index contributed by atoms with van der Waals surface area (Å²) in [5.41, 5.74) is 1.10. The second-order valence-electron chi connectivity index (χ2n) is 5.23. The average Bonchev–Trinajstić information content (AvgIpc) is 2.49. The molecule has 4 nitrogen and oxygen atoms in total. The number of piperidine rings is 1. The van der Waals surface area contributed by atoms with Crippen LogP contribution in [0, 0.1) is 0 Å². The number of hydrogen-bond donors (Lipinski definition) is 2. The molecular weight excluding hydrogens is 252 g/mol. The summed E-state index contributed by atoms with van der Waals surface area (Å²) in [5.74, 6) is 0.967. The Bertz CT molecular complexity index is 425. The van der Waals surface area contributed by atoms with E-state index in [4.69, 9.17) is 4.74 Å². The molecule has 1 heterocycles. The molecule has 1 aliphatic heterocycles. The zero-order valence-corrected chi connectivity index (χ0v) is 12.3. The first-order valence-corrected chi connectivity index (χ1v) is 7.47. The molecule has 1 saturated heterocycles. The van der Waals surface area contributed by atoms with Gasteiger partial charge >= 0.3 is 0 Å². The van der Waals surface area contributed by atoms with Crippen LogP contribution in [0.5, 0.6) is 5.75 Å². The first-order valence-electron chi connectivity index (χ1n) is 7.47. The quantitative estimate of drug-likeness (QED) is 0.868. The van der Waals surface area contributed by atoms with E-state index in [1.54, 1.807) is 0 Å². The third kappa shape index (κ3) is 3.97. The summed E-state index contributed by atoms with van der Waals surface area (Å²) in [4.78, 5) is 12.2. The van der Waals surface area contributed by atoms with E-state index < -0.39 is 0 Å². The fourth-order valence-corrected chi connectivity index (χ4v) is 2.49. The highest BCUT2D eigenvalue weighted by molar-refractivity contribution is 5.82. The van der Waals surface area contributed by atoms with E-state index in [1.165, 1.54) is 0 Å². The number of nitrogens with one attached hydrogen (secondary N) is 2. The molecule has 110 valence electrons. The van der Waals surface area contributed by atoms with Crippen molar-refractivity contribution in [2.75, 3.05) is 13.2 Å². The second-order valence-corrected chi connectivity index (χ2v) is 5.23. The van der Waals surface area contributed by atoms with Crippen LogP contribution in [0.3, 0.4) is 0 Å². The van der Waals surface area contributed by atoms with Crippen molar-refractivity contribution in [2.24, 2.45) is 0 Å². The Balaban J connectivity index is 1.89. The van der Waals surface area contributed by atoms with Crippen molar-refractivity contribution < 1.29 is 9.53 Å². The van der Waals surface area contributed by atoms with Crippen molar-refractivity contribution >= 4 is 5.91 Å². The zero-order chi connectivity index (χ0) is 14.4. The van der Waals surface area contributed by atoms with Crippen LogP contribution >= 0.6 is 0 Å². The normalized spacial score (nSPS) is 20.2. The lowest BCUT2D eigenvalue weighted by Crippen LogP contribution is -2.47. The van der Waals surface area contributed by atoms with E-state index in [0.717, 1.165) is 37.1 Å². The van der Waals surface area contributed by atoms with Crippen LogP contribution in [0.25, 0.3) is 0 Å². The molecule has 1 aromatic carbocycles. The number of amides is 1. The Hall–Kier alpha value is -1.55. The van der Waals surface area contributed by atoms with Gasteiger partial charge < -0.3 is 15.4 Å². The van der Waals surface area contributed by atoms with Crippen molar-refractivity contribution in [1.29, 1.82) is 0 Å². The molecule has 2 rings (SSSR count). The molecule has 2 N–H and O–H groups in total. The number of carbonyl (C=O) groups is 1. The summed E-state index contributed by atoms with van der Waals surface area (Å²) in [6.45, 7) is 5.58. The van der Waals surface area contributed by atoms with Crippen LogP contribution in [0.2, 0.25) is 0 Å². The minimum absolute atomic E-state index is 0.0157. The van der Waals surface area contributed by atoms with Gasteiger partial charge in [0.25, 0.3) is 0 Å². The molecule has 20 heavy (non-hydrogen) atoms. The van der Waals surface area contributed by atoms with Crippen molar-refractivity contribution in [3.8, 4) is 5.75 Å². The van der Waals surface area contributed by atoms with Crippen LogP contribution in [0.1, 0.15) is 44.7 Å². The maximum atomic E-state index is 12.2. The SMILES string of the molecule is CCOc1ccc(C(C)NC(=O)[C@H]2CCCCN2)cc1. The lowest BCUT2D eigenvalue weighted by molar-refractivity contribution is -0.124. The number of hydrogen-bond acceptors (Lipinski definition) is 3. The van der Waals surface area contributed by atoms with Crippen molar-refractivity contribution in [2.45, 2.75) is 45.2 Å². The van der Waals surface area contributed by atoms with Crippen molar-refractivity contribution in [3.63, 3.8) is 0 Å². The van der Waals surface area contributed by atoms with Gasteiger partial charge in [0.05, 0.1) is 18.7 Å². The Kier molecular flexibility index (Phi) is 5.41. The summed E-state index contributed by atoms with van der Waals surface area (Å²) in [5, 5.41) is 6.34. The smallest absolute Gasteiger partial charge is 0.237 e. The lowest BCUT2D eigenvalue weighted by Gasteiger charge is -2.24. The molecular formula is C16H24N2O2. The Labute approximate surface area is 120 Å². The summed E-state index contributed by atoms with van der Waals surface area (Å²) < 4.78 is 5.42. The minimum atomic E-state index is -0.0334. The molecule has 0 aliphatic carbocycles. The average molecular weight is 276 g/mol. The molecule has 1 aliphatic rings. The highest BCUT2D eigenvalue weighted by atomic mass is 16.5. The Morgan fingerprint density at radius 2 is 2.15 bits per heavy atom. The van der Waals surface area contributed by atoms with Crippen LogP contribution < -0.4 is 15.4 Å². The van der Waals surface area contributed by atoms with Gasteiger partial charge in [0.15, 0.2) is 0 Å². The van der Waals surface area contributed by atoms with Gasteiger partial charge in [-0.05, 0) is 50.9 Å². The Morgan fingerprint density at radius 1 is 1.40 bits per heavy atom. The van der Waals surface area contributed by atoms with Gasteiger partial charge in [0, 0.05) is 0 Å². The first kappa shape index (κ1) is 14.9. The van der Waals surface area contributed by atoms with Gasteiger partial charge in [-0.1, -0.05) is 18.6 Å². The summed E-state index contributed by atoms with van der Waals surface area (Å²) >= 11 is 0. The van der Waals surface area contributed by atoms with Crippen LogP contribution in [-0.4, -0.2) is 25.1 Å². The maximum absolute atomic E-state index is 12.2. The molecule has 0 saturated carbocycles. The van der Waals surface area contributed by atoms with Crippen LogP contribution in [-0.2, 0) is 4.79 Å². The number of rotatable bonds is 5. The molecule has 2 atom stereocenters. The van der Waals surface area contributed by atoms with Crippen molar-refractivity contribution in [3.05, 3.63) is 29.8 Å². The van der Waals surface area contributed by atoms with Crippen molar-refractivity contribution in [1.82, 2.24) is 10.6 Å². The monoisotopic (exact) mass is 276 g/mol. The molecule has 1 aromatic rings. The highest BCUT2D eigenvalue weighted by Gasteiger charge is 2.21. The molecule has 1 fully saturated rings. The number of carbonyl (C=O) groups excluding carboxylic acids is 1. The summed E-state index contributed by atoms with van der Waals surface area (Å²) in [7, 11) is 0. The number of benzene rings is 1. The predicted molar refractivity (Wildman–Crippen MR) is 79.8 cm³/mol. The van der Waals surface area contributed by atoms with E-state index in [-0.39, 0.29) is 18.0 Å². The van der Waals surface area contributed by atoms with E-state index in [9.17, 15) is 4.79 Å². The molecule has 0 radical (unpaired) electrons. The van der Waals surface area contributed by atoms with Gasteiger partial charge in [-0.25, -0.2) is 0 Å². The van der Waals surface area contributed by atoms with E-state index in [2.05, 4.69) is 10.6 Å². The fraction of sp³-hybridized carbons (Fsp3) is 0.562. The molecule has 1 unspecified atom stereocenters. The van der Waals surface area contributed by atoms with Gasteiger partial charge in [0.2, 0.25) is 5.91 Å². The minimum Gasteiger partial charge on any atom is -0.494 e. The van der Waals surface area contributed by atoms with Gasteiger partial charge in [-0.15, -0.1) is 0 Å². The zero-order valence-electron chi connectivity index (χ0n) is 12.3. The highest BCUT2D eigenvalue weighted by Crippen LogP contribution is 2.18. The second kappa shape index (κ2) is 7.29. The summed E-state index contributed by atoms with van der Waals surface area (Å²) in [6, 6.07) is 7.88. The van der Waals surface area contributed by atoms with Gasteiger partial charge in [0.1, 0.15) is 5.75 Å². The van der Waals surface area contributed by atoms with Crippen LogP contribution in [0.4, 0.5) is 0 Å². The fourth-order valence-electron chi connectivity index (χ4n) is 2.49. The topological polar surface area (TPSA) is 50.4 Å². The standard InChI is InChI=1S/C16H24N2O2/c1-3-20-14-9-7-13(8-10-14)12(2)18-16(19)15-6-4-5-11-17-15/h7-10,12,15,17H,3-6,11H2,1-2H3,(H,18,19)/t12?,15-/m1/s1. The third-order valence-corrected chi connectivity index (χ3v) is 3.68. The summed E-state index contributed by atoms with van der Waals surface area (Å²) in [6.07, 6.45) is 3.22. The molecule has 0 spiro atoms. The lowest BCUT2D eigenvalue weighted by atomic mass is 10.0. The Morgan fingerprint density at radius 3 is 2.75 bits per heavy atom. The first-order chi connectivity index (χ1) is 9.70. The maximum Gasteiger partial charge on any atom is 0.237 e. The molecule has 0 bridgehead atoms. The molecule has 0 aromatic heterocycles. The van der Waals surface area contributed by atoms with E-state index >= 15 is 0 Å². The van der Waals surface area contributed by atoms with Gasteiger partial charge in [-0.2, -0.15) is 0 Å². The van der Waals surface area contributed by atoms with E-state index in [0.29, 0.717) is 6.61 Å². The van der Waals surface area contributed by atoms with Crippen LogP contribution in [0.15, 0.2) is 24.3 Å². The largest absolute Gasteiger partial charge is 0.494 e. The molecule has 4 heteroatoms. The van der Waals surface area contributed by atoms with E-state index in [1.807, 2.05) is 38.1 Å².